The molecule has 0 atom stereocenters. The monoisotopic (exact) mass is 251 g/mol. The van der Waals surface area contributed by atoms with Gasteiger partial charge in [0.15, 0.2) is 11.5 Å². The van der Waals surface area contributed by atoms with Gasteiger partial charge in [-0.15, -0.1) is 5.10 Å². The van der Waals surface area contributed by atoms with Crippen LogP contribution in [-0.4, -0.2) is 14.6 Å². The van der Waals surface area contributed by atoms with Crippen LogP contribution in [0.15, 0.2) is 6.07 Å². The molecule has 0 amide bonds. The van der Waals surface area contributed by atoms with Crippen molar-refractivity contribution in [1.29, 1.82) is 0 Å². The van der Waals surface area contributed by atoms with Crippen LogP contribution in [0.2, 0.25) is 5.15 Å². The molecular weight excluding hydrogens is 234 g/mol. The fraction of sp³-hybridized carbons (Fsp3) is 0.538. The van der Waals surface area contributed by atoms with Crippen molar-refractivity contribution >= 4 is 17.2 Å². The zero-order chi connectivity index (χ0) is 12.8. The smallest absolute Gasteiger partial charge is 0.157 e. The summed E-state index contributed by atoms with van der Waals surface area (Å²) in [7, 11) is 0. The minimum absolute atomic E-state index is 0.0599. The Labute approximate surface area is 107 Å². The summed E-state index contributed by atoms with van der Waals surface area (Å²) >= 11 is 6.37. The van der Waals surface area contributed by atoms with Crippen LogP contribution in [0.1, 0.15) is 44.6 Å². The highest BCUT2D eigenvalue weighted by Crippen LogP contribution is 2.25. The van der Waals surface area contributed by atoms with Gasteiger partial charge in [-0.05, 0) is 30.5 Å². The lowest BCUT2D eigenvalue weighted by Gasteiger charge is -2.11. The molecule has 2 heterocycles. The Balaban J connectivity index is 2.74. The second kappa shape index (κ2) is 3.98. The quantitative estimate of drug-likeness (QED) is 0.726. The molecule has 0 saturated heterocycles. The van der Waals surface area contributed by atoms with Gasteiger partial charge in [0.1, 0.15) is 5.15 Å². The number of aryl methyl sites for hydroxylation is 1. The molecule has 17 heavy (non-hydrogen) atoms. The van der Waals surface area contributed by atoms with Gasteiger partial charge in [-0.25, -0.2) is 9.50 Å². The Morgan fingerprint density at radius 3 is 2.53 bits per heavy atom. The van der Waals surface area contributed by atoms with Crippen molar-refractivity contribution in [3.8, 4) is 0 Å². The molecule has 0 aromatic carbocycles. The summed E-state index contributed by atoms with van der Waals surface area (Å²) < 4.78 is 1.74. The van der Waals surface area contributed by atoms with Gasteiger partial charge in [-0.1, -0.05) is 39.3 Å². The average Bonchev–Trinajstić information content (AvgIpc) is 2.61. The molecule has 0 spiro atoms. The Hall–Kier alpha value is -1.09. The maximum Gasteiger partial charge on any atom is 0.157 e. The summed E-state index contributed by atoms with van der Waals surface area (Å²) in [6, 6.07) is 2.05. The van der Waals surface area contributed by atoms with Crippen LogP contribution in [0.4, 0.5) is 0 Å². The molecule has 0 radical (unpaired) electrons. The number of hydrogen-bond donors (Lipinski definition) is 0. The summed E-state index contributed by atoms with van der Waals surface area (Å²) in [6.45, 7) is 10.5. The first-order valence-corrected chi connectivity index (χ1v) is 6.27. The SMILES string of the molecule is CCc1c(C)cc2nc(C(C)(C)C)nn2c1Cl. The molecular formula is C13H18ClN3. The normalized spacial score (nSPS) is 12.4. The topological polar surface area (TPSA) is 30.2 Å². The highest BCUT2D eigenvalue weighted by atomic mass is 35.5. The number of aromatic nitrogens is 3. The van der Waals surface area contributed by atoms with Crippen LogP contribution >= 0.6 is 11.6 Å². The number of nitrogens with zero attached hydrogens (tertiary/aromatic N) is 3. The zero-order valence-electron chi connectivity index (χ0n) is 11.0. The highest BCUT2D eigenvalue weighted by Gasteiger charge is 2.21. The molecule has 0 unspecified atom stereocenters. The van der Waals surface area contributed by atoms with Crippen molar-refractivity contribution in [2.75, 3.05) is 0 Å². The van der Waals surface area contributed by atoms with Crippen molar-refractivity contribution in [1.82, 2.24) is 14.6 Å². The number of hydrogen-bond acceptors (Lipinski definition) is 2. The lowest BCUT2D eigenvalue weighted by molar-refractivity contribution is 0.545. The van der Waals surface area contributed by atoms with Gasteiger partial charge < -0.3 is 0 Å². The maximum absolute atomic E-state index is 6.37. The predicted molar refractivity (Wildman–Crippen MR) is 70.8 cm³/mol. The first-order valence-electron chi connectivity index (χ1n) is 5.90. The van der Waals surface area contributed by atoms with Gasteiger partial charge in [0, 0.05) is 5.41 Å². The van der Waals surface area contributed by atoms with Crippen molar-refractivity contribution in [3.05, 3.63) is 28.2 Å². The third-order valence-electron chi connectivity index (χ3n) is 2.91. The van der Waals surface area contributed by atoms with E-state index in [2.05, 4.69) is 44.7 Å². The second-order valence-electron chi connectivity index (χ2n) is 5.41. The van der Waals surface area contributed by atoms with Crippen LogP contribution in [-0.2, 0) is 11.8 Å². The van der Waals surface area contributed by atoms with E-state index in [0.717, 1.165) is 23.5 Å². The van der Waals surface area contributed by atoms with Gasteiger partial charge in [0.05, 0.1) is 0 Å². The fourth-order valence-corrected chi connectivity index (χ4v) is 2.28. The van der Waals surface area contributed by atoms with E-state index in [1.54, 1.807) is 4.52 Å². The number of halogens is 1. The van der Waals surface area contributed by atoms with E-state index in [1.807, 2.05) is 6.07 Å². The Kier molecular flexibility index (Phi) is 2.90. The van der Waals surface area contributed by atoms with Crippen molar-refractivity contribution < 1.29 is 0 Å². The fourth-order valence-electron chi connectivity index (χ4n) is 1.88. The third kappa shape index (κ3) is 2.04. The largest absolute Gasteiger partial charge is 0.211 e. The molecule has 0 aliphatic carbocycles. The molecule has 3 nitrogen and oxygen atoms in total. The van der Waals surface area contributed by atoms with Gasteiger partial charge in [-0.3, -0.25) is 0 Å². The molecule has 0 bridgehead atoms. The maximum atomic E-state index is 6.37. The summed E-state index contributed by atoms with van der Waals surface area (Å²) in [5.41, 5.74) is 3.09. The van der Waals surface area contributed by atoms with Crippen LogP contribution < -0.4 is 0 Å². The van der Waals surface area contributed by atoms with E-state index >= 15 is 0 Å². The van der Waals surface area contributed by atoms with Crippen molar-refractivity contribution in [2.45, 2.75) is 46.5 Å². The first kappa shape index (κ1) is 12.4. The second-order valence-corrected chi connectivity index (χ2v) is 5.76. The Bertz CT molecular complexity index is 564. The Morgan fingerprint density at radius 2 is 2.00 bits per heavy atom. The lowest BCUT2D eigenvalue weighted by atomic mass is 9.96. The summed E-state index contributed by atoms with van der Waals surface area (Å²) in [5, 5.41) is 5.19. The van der Waals surface area contributed by atoms with Gasteiger partial charge in [-0.2, -0.15) is 0 Å². The lowest BCUT2D eigenvalue weighted by Crippen LogP contribution is -2.13. The van der Waals surface area contributed by atoms with Crippen LogP contribution in [0.25, 0.3) is 5.65 Å². The van der Waals surface area contributed by atoms with E-state index in [1.165, 1.54) is 5.56 Å². The van der Waals surface area contributed by atoms with E-state index in [9.17, 15) is 0 Å². The van der Waals surface area contributed by atoms with Crippen molar-refractivity contribution in [3.63, 3.8) is 0 Å². The summed E-state index contributed by atoms with van der Waals surface area (Å²) in [6.07, 6.45) is 0.908. The number of pyridine rings is 1. The molecule has 0 saturated carbocycles. The molecule has 2 aromatic rings. The average molecular weight is 252 g/mol. The molecule has 0 N–H and O–H groups in total. The molecule has 2 aromatic heterocycles. The first-order chi connectivity index (χ1) is 7.84. The zero-order valence-corrected chi connectivity index (χ0v) is 11.8. The minimum Gasteiger partial charge on any atom is -0.211 e. The predicted octanol–water partition coefficient (Wildman–Crippen LogP) is 3.55. The van der Waals surface area contributed by atoms with Gasteiger partial charge >= 0.3 is 0 Å². The van der Waals surface area contributed by atoms with Gasteiger partial charge in [0.2, 0.25) is 0 Å². The molecule has 0 fully saturated rings. The molecule has 92 valence electrons. The van der Waals surface area contributed by atoms with E-state index in [4.69, 9.17) is 11.6 Å². The van der Waals surface area contributed by atoms with Crippen LogP contribution in [0.3, 0.4) is 0 Å². The molecule has 0 aliphatic rings. The van der Waals surface area contributed by atoms with Crippen LogP contribution in [0, 0.1) is 6.92 Å². The van der Waals surface area contributed by atoms with Crippen molar-refractivity contribution in [2.24, 2.45) is 0 Å². The van der Waals surface area contributed by atoms with E-state index in [0.29, 0.717) is 5.15 Å². The highest BCUT2D eigenvalue weighted by molar-refractivity contribution is 6.30. The van der Waals surface area contributed by atoms with Crippen LogP contribution in [0.5, 0.6) is 0 Å². The van der Waals surface area contributed by atoms with E-state index < -0.39 is 0 Å². The third-order valence-corrected chi connectivity index (χ3v) is 3.30. The minimum atomic E-state index is -0.0599. The number of rotatable bonds is 1. The number of fused-ring (bicyclic) bond motifs is 1. The van der Waals surface area contributed by atoms with E-state index in [-0.39, 0.29) is 5.41 Å². The summed E-state index contributed by atoms with van der Waals surface area (Å²) in [5.74, 6) is 0.826. The standard InChI is InChI=1S/C13H18ClN3/c1-6-9-8(2)7-10-15-12(13(3,4)5)16-17(10)11(9)14/h7H,6H2,1-5H3. The molecule has 4 heteroatoms. The van der Waals surface area contributed by atoms with Gasteiger partial charge in [0.25, 0.3) is 0 Å². The molecule has 0 aliphatic heterocycles. The summed E-state index contributed by atoms with van der Waals surface area (Å²) in [4.78, 5) is 4.55. The molecule has 2 rings (SSSR count). The Morgan fingerprint density at radius 1 is 1.35 bits per heavy atom.